The number of rotatable bonds is 6. The Balaban J connectivity index is 1.81. The lowest BCUT2D eigenvalue weighted by Crippen LogP contribution is -2.41. The molecule has 0 aromatic heterocycles. The van der Waals surface area contributed by atoms with Crippen molar-refractivity contribution >= 4 is 23.2 Å². The minimum Gasteiger partial charge on any atom is -0.447 e. The maximum atomic E-state index is 12.6. The molecule has 0 aliphatic heterocycles. The zero-order valence-electron chi connectivity index (χ0n) is 14.5. The summed E-state index contributed by atoms with van der Waals surface area (Å²) in [4.78, 5) is 12.6. The molecule has 2 atom stereocenters. The summed E-state index contributed by atoms with van der Waals surface area (Å²) >= 11 is 5.28. The topological polar surface area (TPSA) is 58.6 Å². The summed E-state index contributed by atoms with van der Waals surface area (Å²) < 4.78 is 5.60. The van der Waals surface area contributed by atoms with Crippen molar-refractivity contribution in [3.63, 3.8) is 0 Å². The van der Waals surface area contributed by atoms with Crippen molar-refractivity contribution in [2.24, 2.45) is 0 Å². The van der Waals surface area contributed by atoms with Crippen molar-refractivity contribution in [2.45, 2.75) is 12.1 Å². The summed E-state index contributed by atoms with van der Waals surface area (Å²) in [6.07, 6.45) is -1.20. The van der Waals surface area contributed by atoms with E-state index in [0.29, 0.717) is 11.3 Å². The Labute approximate surface area is 163 Å². The average molecular weight is 377 g/mol. The van der Waals surface area contributed by atoms with Crippen LogP contribution < -0.4 is 10.1 Å². The fraction of sp³-hybridized carbons (Fsp3) is 0.0909. The molecule has 3 aromatic carbocycles. The molecule has 4 nitrogen and oxygen atoms in total. The van der Waals surface area contributed by atoms with Crippen molar-refractivity contribution in [2.75, 3.05) is 0 Å². The number of ether oxygens (including phenoxy) is 1. The van der Waals surface area contributed by atoms with Crippen LogP contribution in [0.15, 0.2) is 91.0 Å². The van der Waals surface area contributed by atoms with Crippen LogP contribution in [0.5, 0.6) is 5.75 Å². The zero-order chi connectivity index (χ0) is 19.1. The minimum atomic E-state index is -1.20. The fourth-order valence-electron chi connectivity index (χ4n) is 2.62. The van der Waals surface area contributed by atoms with Gasteiger partial charge >= 0.3 is 0 Å². The second kappa shape index (κ2) is 9.07. The molecule has 3 aromatic rings. The number of thiocarbonyl (C=S) groups is 1. The predicted molar refractivity (Wildman–Crippen MR) is 109 cm³/mol. The van der Waals surface area contributed by atoms with Crippen LogP contribution in [0, 0.1) is 0 Å². The summed E-state index contributed by atoms with van der Waals surface area (Å²) in [5, 5.41) is 13.7. The fourth-order valence-corrected chi connectivity index (χ4v) is 2.85. The molecule has 0 aliphatic rings. The van der Waals surface area contributed by atoms with Crippen molar-refractivity contribution in [3.8, 4) is 5.75 Å². The molecule has 5 heteroatoms. The third-order valence-corrected chi connectivity index (χ3v) is 4.32. The van der Waals surface area contributed by atoms with Crippen LogP contribution in [0.1, 0.15) is 22.0 Å². The van der Waals surface area contributed by atoms with Crippen LogP contribution in [0.3, 0.4) is 0 Å². The Morgan fingerprint density at radius 2 is 1.37 bits per heavy atom. The van der Waals surface area contributed by atoms with E-state index >= 15 is 0 Å². The van der Waals surface area contributed by atoms with Crippen molar-refractivity contribution in [1.29, 1.82) is 0 Å². The standard InChI is InChI=1S/C22H19NO3S/c24-20(22(27)26-18-14-8-3-9-15-18)19(16-10-4-1-5-11-16)23-21(25)17-12-6-2-7-13-17/h1-15,19-20,24H,(H,23,25)/t19-,20+/m0/s1. The number of amides is 1. The first-order chi connectivity index (χ1) is 13.1. The van der Waals surface area contributed by atoms with Crippen LogP contribution in [0.4, 0.5) is 0 Å². The number of nitrogens with one attached hydrogen (secondary N) is 1. The number of hydrogen-bond donors (Lipinski definition) is 2. The van der Waals surface area contributed by atoms with E-state index < -0.39 is 12.1 Å². The number of hydrogen-bond acceptors (Lipinski definition) is 4. The van der Waals surface area contributed by atoms with Crippen LogP contribution >= 0.6 is 12.2 Å². The van der Waals surface area contributed by atoms with E-state index in [1.54, 1.807) is 36.4 Å². The molecule has 2 N–H and O–H groups in total. The van der Waals surface area contributed by atoms with E-state index in [4.69, 9.17) is 17.0 Å². The lowest BCUT2D eigenvalue weighted by atomic mass is 10.0. The zero-order valence-corrected chi connectivity index (χ0v) is 15.3. The molecule has 0 heterocycles. The molecule has 0 radical (unpaired) electrons. The average Bonchev–Trinajstić information content (AvgIpc) is 2.73. The molecule has 27 heavy (non-hydrogen) atoms. The number of carbonyl (C=O) groups excluding carboxylic acids is 1. The molecule has 0 saturated heterocycles. The highest BCUT2D eigenvalue weighted by molar-refractivity contribution is 7.80. The van der Waals surface area contributed by atoms with E-state index in [2.05, 4.69) is 5.32 Å². The summed E-state index contributed by atoms with van der Waals surface area (Å²) in [7, 11) is 0. The maximum Gasteiger partial charge on any atom is 0.251 e. The lowest BCUT2D eigenvalue weighted by Gasteiger charge is -2.25. The maximum absolute atomic E-state index is 12.6. The molecule has 1 amide bonds. The van der Waals surface area contributed by atoms with Crippen LogP contribution in [-0.2, 0) is 0 Å². The van der Waals surface area contributed by atoms with E-state index in [1.165, 1.54) is 0 Å². The van der Waals surface area contributed by atoms with Gasteiger partial charge in [-0.2, -0.15) is 0 Å². The van der Waals surface area contributed by atoms with Gasteiger partial charge in [-0.25, -0.2) is 0 Å². The van der Waals surface area contributed by atoms with E-state index in [0.717, 1.165) is 5.56 Å². The summed E-state index contributed by atoms with van der Waals surface area (Å²) in [5.74, 6) is 0.230. The van der Waals surface area contributed by atoms with Gasteiger partial charge in [-0.15, -0.1) is 0 Å². The third-order valence-electron chi connectivity index (χ3n) is 4.00. The summed E-state index contributed by atoms with van der Waals surface area (Å²) in [6.45, 7) is 0. The van der Waals surface area contributed by atoms with Gasteiger partial charge < -0.3 is 15.2 Å². The molecular formula is C22H19NO3S. The quantitative estimate of drug-likeness (QED) is 0.639. The van der Waals surface area contributed by atoms with Crippen LogP contribution in [0.25, 0.3) is 0 Å². The van der Waals surface area contributed by atoms with E-state index in [-0.39, 0.29) is 11.0 Å². The molecule has 0 bridgehead atoms. The highest BCUT2D eigenvalue weighted by Gasteiger charge is 2.28. The third kappa shape index (κ3) is 5.00. The Morgan fingerprint density at radius 1 is 0.852 bits per heavy atom. The van der Waals surface area contributed by atoms with Crippen LogP contribution in [-0.4, -0.2) is 22.2 Å². The number of benzene rings is 3. The second-order valence-electron chi connectivity index (χ2n) is 5.91. The Hall–Kier alpha value is -3.02. The monoisotopic (exact) mass is 377 g/mol. The van der Waals surface area contributed by atoms with Crippen molar-refractivity contribution < 1.29 is 14.6 Å². The first kappa shape index (κ1) is 18.8. The number of para-hydroxylation sites is 1. The number of carbonyl (C=O) groups is 1. The smallest absolute Gasteiger partial charge is 0.251 e. The number of aliphatic hydroxyl groups is 1. The molecule has 3 rings (SSSR count). The molecular weight excluding hydrogens is 358 g/mol. The van der Waals surface area contributed by atoms with Gasteiger partial charge in [0.15, 0.2) is 5.05 Å². The molecule has 0 aliphatic carbocycles. The van der Waals surface area contributed by atoms with Gasteiger partial charge in [0.05, 0.1) is 6.04 Å². The Kier molecular flexibility index (Phi) is 6.30. The Bertz CT molecular complexity index is 885. The molecule has 0 spiro atoms. The van der Waals surface area contributed by atoms with Crippen molar-refractivity contribution in [1.82, 2.24) is 5.32 Å². The normalized spacial score (nSPS) is 12.6. The predicted octanol–water partition coefficient (Wildman–Crippen LogP) is 3.93. The van der Waals surface area contributed by atoms with Gasteiger partial charge in [0.2, 0.25) is 0 Å². The van der Waals surface area contributed by atoms with Gasteiger partial charge in [-0.05, 0) is 42.0 Å². The SMILES string of the molecule is O=C(N[C@@H](c1ccccc1)[C@@H](O)C(=S)Oc1ccccc1)c1ccccc1. The molecule has 0 fully saturated rings. The first-order valence-corrected chi connectivity index (χ1v) is 8.91. The highest BCUT2D eigenvalue weighted by Crippen LogP contribution is 2.21. The van der Waals surface area contributed by atoms with Gasteiger partial charge in [-0.3, -0.25) is 4.79 Å². The molecule has 0 saturated carbocycles. The van der Waals surface area contributed by atoms with Gasteiger partial charge in [-0.1, -0.05) is 66.7 Å². The summed E-state index contributed by atoms with van der Waals surface area (Å²) in [6, 6.07) is 26.3. The van der Waals surface area contributed by atoms with E-state index in [9.17, 15) is 9.90 Å². The first-order valence-electron chi connectivity index (χ1n) is 8.51. The number of aliphatic hydroxyl groups excluding tert-OH is 1. The highest BCUT2D eigenvalue weighted by atomic mass is 32.1. The second-order valence-corrected chi connectivity index (χ2v) is 6.31. The van der Waals surface area contributed by atoms with Gasteiger partial charge in [0, 0.05) is 5.56 Å². The largest absolute Gasteiger partial charge is 0.447 e. The molecule has 0 unspecified atom stereocenters. The van der Waals surface area contributed by atoms with Gasteiger partial charge in [0.25, 0.3) is 5.91 Å². The van der Waals surface area contributed by atoms with Crippen molar-refractivity contribution in [3.05, 3.63) is 102 Å². The summed E-state index contributed by atoms with van der Waals surface area (Å²) in [5.41, 5.74) is 1.23. The van der Waals surface area contributed by atoms with Gasteiger partial charge in [0.1, 0.15) is 11.9 Å². The minimum absolute atomic E-state index is 0.0107. The lowest BCUT2D eigenvalue weighted by molar-refractivity contribution is 0.0889. The van der Waals surface area contributed by atoms with Crippen LogP contribution in [0.2, 0.25) is 0 Å². The Morgan fingerprint density at radius 3 is 1.96 bits per heavy atom. The van der Waals surface area contributed by atoms with E-state index in [1.807, 2.05) is 54.6 Å². The molecule has 136 valence electrons.